The van der Waals surface area contributed by atoms with Gasteiger partial charge in [-0.2, -0.15) is 0 Å². The minimum Gasteiger partial charge on any atom is -0.333 e. The highest BCUT2D eigenvalue weighted by Gasteiger charge is 2.24. The number of carbonyl (C=O) groups excluding carboxylic acids is 2. The number of nitrogens with zero attached hydrogens (tertiary/aromatic N) is 1. The van der Waals surface area contributed by atoms with Crippen LogP contribution in [0.4, 0.5) is 0 Å². The Morgan fingerprint density at radius 3 is 3.00 bits per heavy atom. The summed E-state index contributed by atoms with van der Waals surface area (Å²) >= 11 is 0. The molecule has 0 saturated carbocycles. The van der Waals surface area contributed by atoms with Crippen LogP contribution >= 0.6 is 0 Å². The highest BCUT2D eigenvalue weighted by molar-refractivity contribution is 5.98. The maximum absolute atomic E-state index is 12.6. The number of nitrogens with one attached hydrogen (secondary N) is 1. The zero-order chi connectivity index (χ0) is 13.7. The molecule has 19 heavy (non-hydrogen) atoms. The average molecular weight is 257 g/mol. The molecule has 0 aliphatic carbocycles. The number of hydrogen-bond donors (Lipinski definition) is 1. The van der Waals surface area contributed by atoms with Crippen molar-refractivity contribution in [3.63, 3.8) is 0 Å². The van der Waals surface area contributed by atoms with E-state index in [0.717, 1.165) is 18.7 Å². The van der Waals surface area contributed by atoms with Gasteiger partial charge in [0, 0.05) is 31.2 Å². The fourth-order valence-corrected chi connectivity index (χ4v) is 2.26. The third-order valence-corrected chi connectivity index (χ3v) is 3.28. The summed E-state index contributed by atoms with van der Waals surface area (Å²) in [7, 11) is 0. The van der Waals surface area contributed by atoms with Crippen LogP contribution in [0, 0.1) is 0 Å². The molecule has 1 unspecified atom stereocenters. The molecule has 0 spiro atoms. The van der Waals surface area contributed by atoms with Crippen LogP contribution in [0.1, 0.15) is 22.8 Å². The van der Waals surface area contributed by atoms with Crippen molar-refractivity contribution in [3.8, 4) is 0 Å². The summed E-state index contributed by atoms with van der Waals surface area (Å²) in [4.78, 5) is 24.7. The summed E-state index contributed by atoms with van der Waals surface area (Å²) in [6.45, 7) is 4.36. The van der Waals surface area contributed by atoms with E-state index in [9.17, 15) is 9.59 Å². The third kappa shape index (κ3) is 3.09. The van der Waals surface area contributed by atoms with Gasteiger partial charge in [-0.1, -0.05) is 24.3 Å². The SMILES string of the molecule is CC1CNCCN1C(=O)c1ccccc1/C=C/[C]=O. The van der Waals surface area contributed by atoms with E-state index in [1.54, 1.807) is 18.4 Å². The first-order valence-electron chi connectivity index (χ1n) is 6.39. The zero-order valence-electron chi connectivity index (χ0n) is 10.9. The standard InChI is InChI=1S/C15H17N2O2/c1-12-11-16-8-9-17(12)15(19)14-7-3-2-5-13(14)6-4-10-18/h2-7,12,16H,8-9,11H2,1H3/b6-4+. The molecular weight excluding hydrogens is 240 g/mol. The van der Waals surface area contributed by atoms with Gasteiger partial charge in [0.1, 0.15) is 0 Å². The van der Waals surface area contributed by atoms with Crippen LogP contribution < -0.4 is 5.32 Å². The molecule has 1 aromatic rings. The molecule has 1 aliphatic heterocycles. The van der Waals surface area contributed by atoms with E-state index in [-0.39, 0.29) is 11.9 Å². The summed E-state index contributed by atoms with van der Waals surface area (Å²) < 4.78 is 0. The van der Waals surface area contributed by atoms with E-state index in [4.69, 9.17) is 0 Å². The zero-order valence-corrected chi connectivity index (χ0v) is 10.9. The molecule has 1 amide bonds. The summed E-state index contributed by atoms with van der Waals surface area (Å²) in [6.07, 6.45) is 4.61. The molecule has 1 heterocycles. The van der Waals surface area contributed by atoms with Gasteiger partial charge in [0.2, 0.25) is 6.29 Å². The van der Waals surface area contributed by atoms with Crippen molar-refractivity contribution in [2.45, 2.75) is 13.0 Å². The minimum atomic E-state index is 0.0140. The van der Waals surface area contributed by atoms with Gasteiger partial charge in [0.15, 0.2) is 0 Å². The van der Waals surface area contributed by atoms with Crippen molar-refractivity contribution in [2.24, 2.45) is 0 Å². The van der Waals surface area contributed by atoms with E-state index >= 15 is 0 Å². The fraction of sp³-hybridized carbons (Fsp3) is 0.333. The van der Waals surface area contributed by atoms with Gasteiger partial charge in [-0.25, -0.2) is 0 Å². The van der Waals surface area contributed by atoms with E-state index in [1.165, 1.54) is 6.08 Å². The topological polar surface area (TPSA) is 49.4 Å². The minimum absolute atomic E-state index is 0.0140. The van der Waals surface area contributed by atoms with Gasteiger partial charge in [-0.05, 0) is 24.6 Å². The quantitative estimate of drug-likeness (QED) is 0.829. The van der Waals surface area contributed by atoms with Crippen molar-refractivity contribution in [2.75, 3.05) is 19.6 Å². The molecule has 1 aromatic carbocycles. The Kier molecular flexibility index (Phi) is 4.47. The monoisotopic (exact) mass is 257 g/mol. The molecule has 4 heteroatoms. The summed E-state index contributed by atoms with van der Waals surface area (Å²) in [6, 6.07) is 7.48. The summed E-state index contributed by atoms with van der Waals surface area (Å²) in [5, 5.41) is 3.26. The Labute approximate surface area is 113 Å². The van der Waals surface area contributed by atoms with Crippen LogP contribution in [-0.2, 0) is 4.79 Å². The number of carbonyl (C=O) groups is 1. The third-order valence-electron chi connectivity index (χ3n) is 3.28. The highest BCUT2D eigenvalue weighted by atomic mass is 16.2. The largest absolute Gasteiger partial charge is 0.333 e. The van der Waals surface area contributed by atoms with Crippen LogP contribution in [0.2, 0.25) is 0 Å². The van der Waals surface area contributed by atoms with Gasteiger partial charge in [-0.15, -0.1) is 0 Å². The highest BCUT2D eigenvalue weighted by Crippen LogP contribution is 2.16. The average Bonchev–Trinajstić information content (AvgIpc) is 2.45. The molecule has 1 N–H and O–H groups in total. The van der Waals surface area contributed by atoms with E-state index < -0.39 is 0 Å². The maximum atomic E-state index is 12.6. The van der Waals surface area contributed by atoms with Crippen molar-refractivity contribution in [1.82, 2.24) is 10.2 Å². The predicted octanol–water partition coefficient (Wildman–Crippen LogP) is 1.24. The second-order valence-corrected chi connectivity index (χ2v) is 4.59. The van der Waals surface area contributed by atoms with Crippen molar-refractivity contribution in [1.29, 1.82) is 0 Å². The number of allylic oxidation sites excluding steroid dienone is 1. The van der Waals surface area contributed by atoms with E-state index in [2.05, 4.69) is 5.32 Å². The van der Waals surface area contributed by atoms with E-state index in [1.807, 2.05) is 30.0 Å². The molecule has 2 rings (SSSR count). The Balaban J connectivity index is 2.27. The number of amides is 1. The smallest absolute Gasteiger partial charge is 0.254 e. The lowest BCUT2D eigenvalue weighted by Crippen LogP contribution is -2.52. The van der Waals surface area contributed by atoms with Gasteiger partial charge in [0.05, 0.1) is 0 Å². The maximum Gasteiger partial charge on any atom is 0.254 e. The number of benzene rings is 1. The van der Waals surface area contributed by atoms with Gasteiger partial charge >= 0.3 is 0 Å². The van der Waals surface area contributed by atoms with Crippen LogP contribution in [0.25, 0.3) is 6.08 Å². The second-order valence-electron chi connectivity index (χ2n) is 4.59. The lowest BCUT2D eigenvalue weighted by Gasteiger charge is -2.34. The van der Waals surface area contributed by atoms with Crippen molar-refractivity contribution < 1.29 is 9.59 Å². The fourth-order valence-electron chi connectivity index (χ4n) is 2.26. The summed E-state index contributed by atoms with van der Waals surface area (Å²) in [5.41, 5.74) is 1.38. The van der Waals surface area contributed by atoms with Crippen molar-refractivity contribution >= 4 is 18.3 Å². The molecule has 4 nitrogen and oxygen atoms in total. The van der Waals surface area contributed by atoms with Crippen LogP contribution in [-0.4, -0.2) is 42.8 Å². The van der Waals surface area contributed by atoms with Crippen LogP contribution in [0.3, 0.4) is 0 Å². The van der Waals surface area contributed by atoms with Gasteiger partial charge in [0.25, 0.3) is 5.91 Å². The van der Waals surface area contributed by atoms with Crippen LogP contribution in [0.5, 0.6) is 0 Å². The van der Waals surface area contributed by atoms with Crippen molar-refractivity contribution in [3.05, 3.63) is 41.5 Å². The first kappa shape index (κ1) is 13.5. The van der Waals surface area contributed by atoms with Gasteiger partial charge in [-0.3, -0.25) is 9.59 Å². The number of piperazine rings is 1. The predicted molar refractivity (Wildman–Crippen MR) is 74.5 cm³/mol. The second kappa shape index (κ2) is 6.29. The molecule has 1 aliphatic rings. The van der Waals surface area contributed by atoms with E-state index in [0.29, 0.717) is 12.1 Å². The number of rotatable bonds is 3. The molecule has 0 bridgehead atoms. The molecule has 99 valence electrons. The first-order valence-corrected chi connectivity index (χ1v) is 6.39. The number of hydrogen-bond acceptors (Lipinski definition) is 3. The summed E-state index contributed by atoms with van der Waals surface area (Å²) in [5.74, 6) is 0.0140. The lowest BCUT2D eigenvalue weighted by molar-refractivity contribution is 0.0655. The van der Waals surface area contributed by atoms with Gasteiger partial charge < -0.3 is 10.2 Å². The molecule has 1 saturated heterocycles. The molecule has 1 fully saturated rings. The Bertz CT molecular complexity index is 497. The first-order chi connectivity index (χ1) is 9.24. The normalized spacial score (nSPS) is 19.6. The molecule has 1 radical (unpaired) electrons. The Hall–Kier alpha value is -1.94. The Morgan fingerprint density at radius 2 is 2.26 bits per heavy atom. The molecule has 1 atom stereocenters. The molecular formula is C15H17N2O2. The lowest BCUT2D eigenvalue weighted by atomic mass is 10.0. The Morgan fingerprint density at radius 1 is 1.47 bits per heavy atom. The molecule has 0 aromatic heterocycles. The van der Waals surface area contributed by atoms with Crippen LogP contribution in [0.15, 0.2) is 30.3 Å².